The van der Waals surface area contributed by atoms with Gasteiger partial charge in [-0.15, -0.1) is 0 Å². The average molecular weight is 205 g/mol. The first-order valence-electron chi connectivity index (χ1n) is 5.60. The molecule has 1 saturated heterocycles. The summed E-state index contributed by atoms with van der Waals surface area (Å²) in [6, 6.07) is 10.5. The highest BCUT2D eigenvalue weighted by Gasteiger charge is 2.40. The predicted molar refractivity (Wildman–Crippen MR) is 63.1 cm³/mol. The van der Waals surface area contributed by atoms with E-state index in [4.69, 9.17) is 0 Å². The van der Waals surface area contributed by atoms with Gasteiger partial charge in [0.2, 0.25) is 0 Å². The van der Waals surface area contributed by atoms with Gasteiger partial charge in [0.15, 0.2) is 0 Å². The second-order valence-corrected chi connectivity index (χ2v) is 4.81. The zero-order chi connectivity index (χ0) is 10.9. The number of benzene rings is 1. The van der Waals surface area contributed by atoms with Crippen molar-refractivity contribution in [3.8, 4) is 0 Å². The maximum atomic E-state index is 9.34. The molecule has 82 valence electrons. The highest BCUT2D eigenvalue weighted by Crippen LogP contribution is 2.37. The summed E-state index contributed by atoms with van der Waals surface area (Å²) in [4.78, 5) is 2.40. The Balaban J connectivity index is 2.26. The van der Waals surface area contributed by atoms with E-state index in [0.29, 0.717) is 5.92 Å². The molecule has 1 N–H and O–H groups in total. The van der Waals surface area contributed by atoms with Gasteiger partial charge < -0.3 is 10.0 Å². The minimum absolute atomic E-state index is 0.0656. The number of para-hydroxylation sites is 1. The Morgan fingerprint density at radius 2 is 2.00 bits per heavy atom. The zero-order valence-corrected chi connectivity index (χ0v) is 9.48. The molecule has 0 spiro atoms. The standard InChI is InChI=1S/C13H19NO/c1-13(2)11(10-15)8-9-14(13)12-6-4-3-5-7-12/h3-7,11,15H,8-10H2,1-2H3. The van der Waals surface area contributed by atoms with Crippen molar-refractivity contribution in [2.45, 2.75) is 25.8 Å². The third-order valence-corrected chi connectivity index (χ3v) is 3.68. The van der Waals surface area contributed by atoms with E-state index in [0.717, 1.165) is 13.0 Å². The van der Waals surface area contributed by atoms with Crippen molar-refractivity contribution in [2.75, 3.05) is 18.1 Å². The molecular formula is C13H19NO. The first-order chi connectivity index (χ1) is 7.16. The Bertz CT molecular complexity index is 321. The SMILES string of the molecule is CC1(C)C(CO)CCN1c1ccccc1. The number of rotatable bonds is 2. The lowest BCUT2D eigenvalue weighted by Crippen LogP contribution is -2.43. The molecule has 0 aliphatic carbocycles. The number of hydrogen-bond acceptors (Lipinski definition) is 2. The molecule has 0 amide bonds. The molecule has 1 aliphatic rings. The summed E-state index contributed by atoms with van der Waals surface area (Å²) in [6.45, 7) is 5.76. The molecule has 0 saturated carbocycles. The molecule has 1 aliphatic heterocycles. The lowest BCUT2D eigenvalue weighted by Gasteiger charge is -2.37. The predicted octanol–water partition coefficient (Wildman–Crippen LogP) is 2.28. The molecule has 15 heavy (non-hydrogen) atoms. The molecule has 0 bridgehead atoms. The maximum Gasteiger partial charge on any atom is 0.0482 e. The Hall–Kier alpha value is -1.02. The topological polar surface area (TPSA) is 23.5 Å². The smallest absolute Gasteiger partial charge is 0.0482 e. The van der Waals surface area contributed by atoms with E-state index in [-0.39, 0.29) is 12.1 Å². The van der Waals surface area contributed by atoms with Gasteiger partial charge in [-0.3, -0.25) is 0 Å². The van der Waals surface area contributed by atoms with Crippen molar-refractivity contribution in [3.63, 3.8) is 0 Å². The van der Waals surface area contributed by atoms with Crippen LogP contribution in [0.25, 0.3) is 0 Å². The summed E-state index contributed by atoms with van der Waals surface area (Å²) in [6.07, 6.45) is 1.08. The number of nitrogens with zero attached hydrogens (tertiary/aromatic N) is 1. The summed E-state index contributed by atoms with van der Waals surface area (Å²) >= 11 is 0. The zero-order valence-electron chi connectivity index (χ0n) is 9.48. The Morgan fingerprint density at radius 3 is 2.53 bits per heavy atom. The molecule has 1 atom stereocenters. The van der Waals surface area contributed by atoms with Gasteiger partial charge in [-0.05, 0) is 32.4 Å². The summed E-state index contributed by atoms with van der Waals surface area (Å²) in [5, 5.41) is 9.34. The molecule has 1 aromatic carbocycles. The summed E-state index contributed by atoms with van der Waals surface area (Å²) in [7, 11) is 0. The monoisotopic (exact) mass is 205 g/mol. The van der Waals surface area contributed by atoms with E-state index >= 15 is 0 Å². The minimum Gasteiger partial charge on any atom is -0.396 e. The van der Waals surface area contributed by atoms with Crippen molar-refractivity contribution in [2.24, 2.45) is 5.92 Å². The molecule has 1 fully saturated rings. The second kappa shape index (κ2) is 3.86. The van der Waals surface area contributed by atoms with Gasteiger partial charge in [-0.2, -0.15) is 0 Å². The van der Waals surface area contributed by atoms with Crippen molar-refractivity contribution in [1.29, 1.82) is 0 Å². The van der Waals surface area contributed by atoms with Crippen LogP contribution in [0.4, 0.5) is 5.69 Å². The first kappa shape index (κ1) is 10.5. The van der Waals surface area contributed by atoms with Crippen LogP contribution in [0.15, 0.2) is 30.3 Å². The largest absolute Gasteiger partial charge is 0.396 e. The number of hydrogen-bond donors (Lipinski definition) is 1. The highest BCUT2D eigenvalue weighted by atomic mass is 16.3. The lowest BCUT2D eigenvalue weighted by molar-refractivity contribution is 0.189. The molecule has 0 aromatic heterocycles. The van der Waals surface area contributed by atoms with Gasteiger partial charge in [-0.25, -0.2) is 0 Å². The summed E-state index contributed by atoms with van der Waals surface area (Å²) < 4.78 is 0. The summed E-state index contributed by atoms with van der Waals surface area (Å²) in [5.74, 6) is 0.387. The molecule has 2 nitrogen and oxygen atoms in total. The van der Waals surface area contributed by atoms with E-state index < -0.39 is 0 Å². The fourth-order valence-corrected chi connectivity index (χ4v) is 2.53. The first-order valence-corrected chi connectivity index (χ1v) is 5.60. The van der Waals surface area contributed by atoms with Crippen LogP contribution in [0.1, 0.15) is 20.3 Å². The van der Waals surface area contributed by atoms with E-state index in [2.05, 4.69) is 43.0 Å². The highest BCUT2D eigenvalue weighted by molar-refractivity contribution is 5.50. The molecule has 2 heteroatoms. The van der Waals surface area contributed by atoms with E-state index in [9.17, 15) is 5.11 Å². The third kappa shape index (κ3) is 1.74. The van der Waals surface area contributed by atoms with Gasteiger partial charge in [0.25, 0.3) is 0 Å². The molecule has 1 heterocycles. The molecule has 0 radical (unpaired) electrons. The van der Waals surface area contributed by atoms with Crippen molar-refractivity contribution < 1.29 is 5.11 Å². The van der Waals surface area contributed by atoms with Crippen LogP contribution in [0.5, 0.6) is 0 Å². The fraction of sp³-hybridized carbons (Fsp3) is 0.538. The van der Waals surface area contributed by atoms with Crippen LogP contribution in [0, 0.1) is 5.92 Å². The van der Waals surface area contributed by atoms with Crippen molar-refractivity contribution >= 4 is 5.69 Å². The van der Waals surface area contributed by atoms with Crippen LogP contribution in [0.2, 0.25) is 0 Å². The molecule has 2 rings (SSSR count). The van der Waals surface area contributed by atoms with Crippen molar-refractivity contribution in [1.82, 2.24) is 0 Å². The van der Waals surface area contributed by atoms with Gasteiger partial charge in [0.1, 0.15) is 0 Å². The average Bonchev–Trinajstić information content (AvgIpc) is 2.54. The molecule has 1 unspecified atom stereocenters. The van der Waals surface area contributed by atoms with Gasteiger partial charge in [0.05, 0.1) is 0 Å². The minimum atomic E-state index is 0.0656. The maximum absolute atomic E-state index is 9.34. The third-order valence-electron chi connectivity index (χ3n) is 3.68. The second-order valence-electron chi connectivity index (χ2n) is 4.81. The van der Waals surface area contributed by atoms with Crippen LogP contribution in [0.3, 0.4) is 0 Å². The molecular weight excluding hydrogens is 186 g/mol. The lowest BCUT2D eigenvalue weighted by atomic mass is 9.89. The van der Waals surface area contributed by atoms with Crippen LogP contribution in [-0.4, -0.2) is 23.8 Å². The van der Waals surface area contributed by atoms with Gasteiger partial charge in [-0.1, -0.05) is 18.2 Å². The van der Waals surface area contributed by atoms with Crippen LogP contribution >= 0.6 is 0 Å². The number of anilines is 1. The summed E-state index contributed by atoms with van der Waals surface area (Å²) in [5.41, 5.74) is 1.33. The number of aliphatic hydroxyl groups excluding tert-OH is 1. The van der Waals surface area contributed by atoms with Crippen LogP contribution in [-0.2, 0) is 0 Å². The normalized spacial score (nSPS) is 24.5. The van der Waals surface area contributed by atoms with Gasteiger partial charge >= 0.3 is 0 Å². The quantitative estimate of drug-likeness (QED) is 0.800. The van der Waals surface area contributed by atoms with E-state index in [1.54, 1.807) is 0 Å². The van der Waals surface area contributed by atoms with Crippen molar-refractivity contribution in [3.05, 3.63) is 30.3 Å². The van der Waals surface area contributed by atoms with Crippen LogP contribution < -0.4 is 4.90 Å². The molecule has 1 aromatic rings. The number of aliphatic hydroxyl groups is 1. The van der Waals surface area contributed by atoms with Gasteiger partial charge in [0, 0.05) is 30.3 Å². The fourth-order valence-electron chi connectivity index (χ4n) is 2.53. The van der Waals surface area contributed by atoms with E-state index in [1.165, 1.54) is 5.69 Å². The Labute approximate surface area is 91.5 Å². The Kier molecular flexibility index (Phi) is 2.70. The van der Waals surface area contributed by atoms with E-state index in [1.807, 2.05) is 6.07 Å². The Morgan fingerprint density at radius 1 is 1.33 bits per heavy atom.